The minimum atomic E-state index is -1.23. The summed E-state index contributed by atoms with van der Waals surface area (Å²) in [6, 6.07) is 1.55. The number of halogens is 1. The Labute approximate surface area is 97.9 Å². The fraction of sp³-hybridized carbons (Fsp3) is 0.417. The van der Waals surface area contributed by atoms with Gasteiger partial charge in [0, 0.05) is 11.6 Å². The molecule has 0 spiro atoms. The van der Waals surface area contributed by atoms with Crippen LogP contribution in [-0.4, -0.2) is 16.2 Å². The van der Waals surface area contributed by atoms with E-state index in [1.807, 2.05) is 0 Å². The summed E-state index contributed by atoms with van der Waals surface area (Å²) in [5.74, 6) is -2.50. The number of rotatable bonds is 3. The second-order valence-corrected chi connectivity index (χ2v) is 4.42. The molecule has 4 nitrogen and oxygen atoms in total. The Morgan fingerprint density at radius 1 is 1.47 bits per heavy atom. The molecule has 1 aromatic carbocycles. The van der Waals surface area contributed by atoms with Crippen LogP contribution in [0.2, 0.25) is 0 Å². The van der Waals surface area contributed by atoms with Crippen molar-refractivity contribution < 1.29 is 19.4 Å². The lowest BCUT2D eigenvalue weighted by Crippen LogP contribution is -2.27. The summed E-state index contributed by atoms with van der Waals surface area (Å²) in [4.78, 5) is 10.8. The third-order valence-corrected chi connectivity index (χ3v) is 3.36. The number of nitrogens with two attached hydrogens (primary N) is 1. The van der Waals surface area contributed by atoms with Crippen LogP contribution in [0.15, 0.2) is 12.1 Å². The molecule has 1 fully saturated rings. The molecule has 4 N–H and O–H groups in total. The summed E-state index contributed by atoms with van der Waals surface area (Å²) in [7, 11) is 0. The molecule has 0 heterocycles. The maximum atomic E-state index is 13.4. The lowest BCUT2D eigenvalue weighted by atomic mass is 9.77. The largest absolute Gasteiger partial charge is 0.505 e. The van der Waals surface area contributed by atoms with E-state index >= 15 is 0 Å². The zero-order chi connectivity index (χ0) is 12.6. The number of carboxylic acids is 1. The lowest BCUT2D eigenvalue weighted by Gasteiger charge is -2.31. The number of aromatic carboxylic acids is 1. The molecule has 0 amide bonds. The summed E-state index contributed by atoms with van der Waals surface area (Å²) < 4.78 is 13.4. The molecule has 1 atom stereocenters. The summed E-state index contributed by atoms with van der Waals surface area (Å²) in [6.45, 7) is 0. The minimum absolute atomic E-state index is 0.187. The van der Waals surface area contributed by atoms with Crippen LogP contribution in [-0.2, 0) is 0 Å². The highest BCUT2D eigenvalue weighted by atomic mass is 19.1. The normalized spacial score (nSPS) is 17.5. The Balaban J connectivity index is 2.40. The highest BCUT2D eigenvalue weighted by Crippen LogP contribution is 2.39. The van der Waals surface area contributed by atoms with E-state index in [9.17, 15) is 14.3 Å². The molecule has 2 rings (SSSR count). The third-order valence-electron chi connectivity index (χ3n) is 3.36. The standard InChI is InChI=1S/C12H14FNO3/c13-9-5-7(12(16)17)4-8(11(9)15)10(14)6-2-1-3-6/h4-6,10,15H,1-3,14H2,(H,16,17)/t10-/m0/s1. The molecular formula is C12H14FNO3. The molecular weight excluding hydrogens is 225 g/mol. The van der Waals surface area contributed by atoms with Gasteiger partial charge in [-0.1, -0.05) is 6.42 Å². The zero-order valence-corrected chi connectivity index (χ0v) is 9.19. The first kappa shape index (κ1) is 11.9. The smallest absolute Gasteiger partial charge is 0.335 e. The van der Waals surface area contributed by atoms with Crippen LogP contribution in [0.5, 0.6) is 5.75 Å². The molecule has 92 valence electrons. The van der Waals surface area contributed by atoms with E-state index in [1.54, 1.807) is 0 Å². The Hall–Kier alpha value is -1.62. The minimum Gasteiger partial charge on any atom is -0.505 e. The number of phenols is 1. The molecule has 5 heteroatoms. The lowest BCUT2D eigenvalue weighted by molar-refractivity contribution is 0.0696. The van der Waals surface area contributed by atoms with Crippen molar-refractivity contribution in [1.29, 1.82) is 0 Å². The van der Waals surface area contributed by atoms with E-state index in [0.717, 1.165) is 25.3 Å². The van der Waals surface area contributed by atoms with Crippen molar-refractivity contribution in [3.05, 3.63) is 29.1 Å². The van der Waals surface area contributed by atoms with Gasteiger partial charge in [0.1, 0.15) is 0 Å². The van der Waals surface area contributed by atoms with Gasteiger partial charge in [-0.25, -0.2) is 9.18 Å². The first-order chi connectivity index (χ1) is 8.00. The predicted octanol–water partition coefficient (Wildman–Crippen LogP) is 2.03. The van der Waals surface area contributed by atoms with Crippen LogP contribution in [0.4, 0.5) is 4.39 Å². The van der Waals surface area contributed by atoms with Gasteiger partial charge in [0.2, 0.25) is 0 Å². The van der Waals surface area contributed by atoms with Crippen molar-refractivity contribution in [3.63, 3.8) is 0 Å². The van der Waals surface area contributed by atoms with Crippen LogP contribution in [0.25, 0.3) is 0 Å². The van der Waals surface area contributed by atoms with Gasteiger partial charge in [0.05, 0.1) is 5.56 Å². The number of aromatic hydroxyl groups is 1. The molecule has 0 aliphatic heterocycles. The summed E-state index contributed by atoms with van der Waals surface area (Å²) in [5.41, 5.74) is 5.92. The second kappa shape index (κ2) is 4.33. The second-order valence-electron chi connectivity index (χ2n) is 4.42. The van der Waals surface area contributed by atoms with E-state index < -0.39 is 23.6 Å². The van der Waals surface area contributed by atoms with Gasteiger partial charge in [-0.3, -0.25) is 0 Å². The molecule has 1 saturated carbocycles. The molecule has 0 unspecified atom stereocenters. The quantitative estimate of drug-likeness (QED) is 0.753. The zero-order valence-electron chi connectivity index (χ0n) is 9.19. The Bertz CT molecular complexity index is 457. The number of hydrogen-bond acceptors (Lipinski definition) is 3. The number of benzene rings is 1. The topological polar surface area (TPSA) is 83.6 Å². The Kier molecular flexibility index (Phi) is 3.02. The number of carbonyl (C=O) groups is 1. The first-order valence-corrected chi connectivity index (χ1v) is 5.52. The van der Waals surface area contributed by atoms with E-state index in [1.165, 1.54) is 6.07 Å². The fourth-order valence-corrected chi connectivity index (χ4v) is 2.05. The molecule has 17 heavy (non-hydrogen) atoms. The fourth-order valence-electron chi connectivity index (χ4n) is 2.05. The van der Waals surface area contributed by atoms with Gasteiger partial charge in [-0.15, -0.1) is 0 Å². The summed E-state index contributed by atoms with van der Waals surface area (Å²) in [5, 5.41) is 18.4. The van der Waals surface area contributed by atoms with Crippen molar-refractivity contribution in [3.8, 4) is 5.75 Å². The van der Waals surface area contributed by atoms with Gasteiger partial charge in [0.15, 0.2) is 11.6 Å². The highest BCUT2D eigenvalue weighted by molar-refractivity contribution is 5.88. The van der Waals surface area contributed by atoms with Gasteiger partial charge >= 0.3 is 5.97 Å². The SMILES string of the molecule is N[C@H](c1cc(C(=O)O)cc(F)c1O)C1CCC1. The summed E-state index contributed by atoms with van der Waals surface area (Å²) in [6.07, 6.45) is 2.93. The maximum absolute atomic E-state index is 13.4. The van der Waals surface area contributed by atoms with Crippen LogP contribution in [0, 0.1) is 11.7 Å². The molecule has 1 aliphatic carbocycles. The van der Waals surface area contributed by atoms with Gasteiger partial charge < -0.3 is 15.9 Å². The van der Waals surface area contributed by atoms with E-state index in [0.29, 0.717) is 0 Å². The van der Waals surface area contributed by atoms with E-state index in [2.05, 4.69) is 0 Å². The Morgan fingerprint density at radius 2 is 2.12 bits per heavy atom. The summed E-state index contributed by atoms with van der Waals surface area (Å²) >= 11 is 0. The maximum Gasteiger partial charge on any atom is 0.335 e. The third kappa shape index (κ3) is 2.10. The predicted molar refractivity (Wildman–Crippen MR) is 59.3 cm³/mol. The van der Waals surface area contributed by atoms with Crippen LogP contribution >= 0.6 is 0 Å². The van der Waals surface area contributed by atoms with Crippen LogP contribution in [0.3, 0.4) is 0 Å². The average molecular weight is 239 g/mol. The molecule has 0 saturated heterocycles. The first-order valence-electron chi connectivity index (χ1n) is 5.52. The van der Waals surface area contributed by atoms with Crippen LogP contribution < -0.4 is 5.73 Å². The van der Waals surface area contributed by atoms with Crippen LogP contribution in [0.1, 0.15) is 41.2 Å². The average Bonchev–Trinajstić information content (AvgIpc) is 2.18. The molecule has 0 aromatic heterocycles. The molecule has 1 aromatic rings. The van der Waals surface area contributed by atoms with Crippen molar-refractivity contribution >= 4 is 5.97 Å². The molecule has 1 aliphatic rings. The van der Waals surface area contributed by atoms with Gasteiger partial charge in [-0.05, 0) is 30.9 Å². The van der Waals surface area contributed by atoms with E-state index in [4.69, 9.17) is 10.8 Å². The van der Waals surface area contributed by atoms with Crippen molar-refractivity contribution in [2.45, 2.75) is 25.3 Å². The number of carboxylic acid groups (broad SMARTS) is 1. The van der Waals surface area contributed by atoms with Crippen molar-refractivity contribution in [2.75, 3.05) is 0 Å². The van der Waals surface area contributed by atoms with E-state index in [-0.39, 0.29) is 17.0 Å². The highest BCUT2D eigenvalue weighted by Gasteiger charge is 2.29. The molecule has 0 bridgehead atoms. The monoisotopic (exact) mass is 239 g/mol. The number of hydrogen-bond donors (Lipinski definition) is 3. The van der Waals surface area contributed by atoms with Crippen molar-refractivity contribution in [1.82, 2.24) is 0 Å². The van der Waals surface area contributed by atoms with Gasteiger partial charge in [-0.2, -0.15) is 0 Å². The molecule has 0 radical (unpaired) electrons. The van der Waals surface area contributed by atoms with Crippen molar-refractivity contribution in [2.24, 2.45) is 11.7 Å². The number of phenolic OH excluding ortho intramolecular Hbond substituents is 1. The Morgan fingerprint density at radius 3 is 2.59 bits per heavy atom. The van der Waals surface area contributed by atoms with Gasteiger partial charge in [0.25, 0.3) is 0 Å².